The summed E-state index contributed by atoms with van der Waals surface area (Å²) >= 11 is 0. The Hall–Kier alpha value is -2.59. The number of nitriles is 1. The lowest BCUT2D eigenvalue weighted by Gasteiger charge is -2.26. The highest BCUT2D eigenvalue weighted by atomic mass is 35.5. The Morgan fingerprint density at radius 1 is 1.23 bits per heavy atom. The van der Waals surface area contributed by atoms with Gasteiger partial charge in [-0.05, 0) is 29.8 Å². The molecule has 134 valence electrons. The molecule has 0 atom stereocenters. The molecule has 0 spiro atoms. The summed E-state index contributed by atoms with van der Waals surface area (Å²) in [7, 11) is 0. The molecular formula is C19H19ClN4O2. The summed E-state index contributed by atoms with van der Waals surface area (Å²) in [6, 6.07) is 11.4. The zero-order valence-corrected chi connectivity index (χ0v) is 14.9. The van der Waals surface area contributed by atoms with E-state index in [4.69, 9.17) is 10.00 Å². The molecule has 2 N–H and O–H groups in total. The maximum absolute atomic E-state index is 10.3. The van der Waals surface area contributed by atoms with E-state index in [9.17, 15) is 5.11 Å². The first-order valence-electron chi connectivity index (χ1n) is 8.25. The molecule has 0 aliphatic carbocycles. The van der Waals surface area contributed by atoms with Gasteiger partial charge in [-0.2, -0.15) is 5.26 Å². The minimum atomic E-state index is 0. The lowest BCUT2D eigenvalue weighted by Crippen LogP contribution is -2.35. The number of pyridine rings is 1. The molecule has 0 saturated carbocycles. The highest BCUT2D eigenvalue weighted by Gasteiger charge is 2.15. The number of H-pyrrole nitrogens is 1. The minimum absolute atomic E-state index is 0. The summed E-state index contributed by atoms with van der Waals surface area (Å²) in [5, 5.41) is 20.2. The Morgan fingerprint density at radius 2 is 2.04 bits per heavy atom. The van der Waals surface area contributed by atoms with Gasteiger partial charge in [0.05, 0.1) is 36.1 Å². The minimum Gasteiger partial charge on any atom is -0.494 e. The van der Waals surface area contributed by atoms with Gasteiger partial charge in [0.15, 0.2) is 5.88 Å². The molecule has 26 heavy (non-hydrogen) atoms. The van der Waals surface area contributed by atoms with Crippen molar-refractivity contribution in [3.8, 4) is 23.2 Å². The normalized spacial score (nSPS) is 14.7. The third kappa shape index (κ3) is 3.51. The van der Waals surface area contributed by atoms with Crippen LogP contribution in [0.25, 0.3) is 22.2 Å². The van der Waals surface area contributed by atoms with E-state index < -0.39 is 0 Å². The number of halogens is 1. The second-order valence-electron chi connectivity index (χ2n) is 6.16. The van der Waals surface area contributed by atoms with Crippen LogP contribution in [0.1, 0.15) is 11.1 Å². The van der Waals surface area contributed by atoms with Crippen molar-refractivity contribution < 1.29 is 9.84 Å². The SMILES string of the molecule is Cl.N#Cc1ccc2[nH]c(O)c(-c3ccc(CN4CCOCC4)cn3)c2c1. The fourth-order valence-corrected chi connectivity index (χ4v) is 3.19. The monoisotopic (exact) mass is 370 g/mol. The molecule has 6 nitrogen and oxygen atoms in total. The average Bonchev–Trinajstić information content (AvgIpc) is 2.98. The van der Waals surface area contributed by atoms with Crippen LogP contribution in [0.15, 0.2) is 36.5 Å². The third-order valence-corrected chi connectivity index (χ3v) is 4.50. The topological polar surface area (TPSA) is 85.2 Å². The van der Waals surface area contributed by atoms with Gasteiger partial charge in [-0.25, -0.2) is 0 Å². The van der Waals surface area contributed by atoms with Crippen molar-refractivity contribution in [2.24, 2.45) is 0 Å². The molecule has 1 saturated heterocycles. The van der Waals surface area contributed by atoms with Gasteiger partial charge in [-0.15, -0.1) is 12.4 Å². The van der Waals surface area contributed by atoms with Gasteiger partial charge in [-0.1, -0.05) is 6.07 Å². The van der Waals surface area contributed by atoms with Crippen LogP contribution in [-0.4, -0.2) is 46.3 Å². The molecule has 7 heteroatoms. The van der Waals surface area contributed by atoms with Gasteiger partial charge in [0.1, 0.15) is 0 Å². The Kier molecular flexibility index (Phi) is 5.43. The zero-order chi connectivity index (χ0) is 17.2. The highest BCUT2D eigenvalue weighted by Crippen LogP contribution is 2.36. The molecule has 1 aliphatic heterocycles. The molecule has 1 aromatic carbocycles. The Bertz CT molecular complexity index is 941. The van der Waals surface area contributed by atoms with Crippen LogP contribution in [0, 0.1) is 11.3 Å². The van der Waals surface area contributed by atoms with Gasteiger partial charge >= 0.3 is 0 Å². The molecule has 0 amide bonds. The summed E-state index contributed by atoms with van der Waals surface area (Å²) in [6.07, 6.45) is 1.84. The van der Waals surface area contributed by atoms with E-state index in [1.807, 2.05) is 18.3 Å². The number of aromatic amines is 1. The first-order chi connectivity index (χ1) is 12.2. The van der Waals surface area contributed by atoms with Crippen molar-refractivity contribution in [2.45, 2.75) is 6.54 Å². The van der Waals surface area contributed by atoms with Gasteiger partial charge in [0, 0.05) is 36.7 Å². The predicted molar refractivity (Wildman–Crippen MR) is 101 cm³/mol. The largest absolute Gasteiger partial charge is 0.494 e. The summed E-state index contributed by atoms with van der Waals surface area (Å²) < 4.78 is 5.37. The maximum Gasteiger partial charge on any atom is 0.199 e. The molecule has 0 unspecified atom stereocenters. The lowest BCUT2D eigenvalue weighted by molar-refractivity contribution is 0.0341. The number of rotatable bonds is 3. The number of ether oxygens (including phenoxy) is 1. The maximum atomic E-state index is 10.3. The van der Waals surface area contributed by atoms with E-state index >= 15 is 0 Å². The second-order valence-corrected chi connectivity index (χ2v) is 6.16. The number of morpholine rings is 1. The molecule has 1 fully saturated rings. The average molecular weight is 371 g/mol. The molecule has 4 rings (SSSR count). The summed E-state index contributed by atoms with van der Waals surface area (Å²) in [5.74, 6) is 0.0681. The number of aromatic hydroxyl groups is 1. The Balaban J connectivity index is 0.00000196. The van der Waals surface area contributed by atoms with E-state index in [1.54, 1.807) is 18.2 Å². The van der Waals surface area contributed by atoms with E-state index in [2.05, 4.69) is 20.9 Å². The van der Waals surface area contributed by atoms with E-state index in [0.29, 0.717) is 16.8 Å². The first-order valence-corrected chi connectivity index (χ1v) is 8.25. The van der Waals surface area contributed by atoms with Crippen LogP contribution in [0.2, 0.25) is 0 Å². The third-order valence-electron chi connectivity index (χ3n) is 4.50. The molecular weight excluding hydrogens is 352 g/mol. The fourth-order valence-electron chi connectivity index (χ4n) is 3.19. The smallest absolute Gasteiger partial charge is 0.199 e. The number of nitrogens with zero attached hydrogens (tertiary/aromatic N) is 3. The van der Waals surface area contributed by atoms with Crippen molar-refractivity contribution in [3.63, 3.8) is 0 Å². The van der Waals surface area contributed by atoms with Gasteiger partial charge in [0.25, 0.3) is 0 Å². The quantitative estimate of drug-likeness (QED) is 0.740. The predicted octanol–water partition coefficient (Wildman–Crippen LogP) is 3.06. The van der Waals surface area contributed by atoms with Crippen LogP contribution in [0.3, 0.4) is 0 Å². The molecule has 3 aromatic rings. The number of nitrogens with one attached hydrogen (secondary N) is 1. The zero-order valence-electron chi connectivity index (χ0n) is 14.1. The second kappa shape index (κ2) is 7.75. The molecule has 0 bridgehead atoms. The van der Waals surface area contributed by atoms with Gasteiger partial charge in [0.2, 0.25) is 0 Å². The molecule has 3 heterocycles. The van der Waals surface area contributed by atoms with Crippen LogP contribution in [-0.2, 0) is 11.3 Å². The Labute approximate surface area is 157 Å². The van der Waals surface area contributed by atoms with Crippen molar-refractivity contribution in [2.75, 3.05) is 26.3 Å². The van der Waals surface area contributed by atoms with Crippen molar-refractivity contribution in [1.29, 1.82) is 5.26 Å². The van der Waals surface area contributed by atoms with Crippen LogP contribution in [0.5, 0.6) is 5.88 Å². The van der Waals surface area contributed by atoms with E-state index in [0.717, 1.165) is 49.3 Å². The van der Waals surface area contributed by atoms with E-state index in [1.165, 1.54) is 0 Å². The number of benzene rings is 1. The summed E-state index contributed by atoms with van der Waals surface area (Å²) in [6.45, 7) is 4.25. The number of fused-ring (bicyclic) bond motifs is 1. The van der Waals surface area contributed by atoms with Crippen molar-refractivity contribution in [1.82, 2.24) is 14.9 Å². The lowest BCUT2D eigenvalue weighted by atomic mass is 10.1. The van der Waals surface area contributed by atoms with Crippen LogP contribution >= 0.6 is 12.4 Å². The highest BCUT2D eigenvalue weighted by molar-refractivity contribution is 5.98. The van der Waals surface area contributed by atoms with Crippen molar-refractivity contribution >= 4 is 23.3 Å². The number of aromatic nitrogens is 2. The van der Waals surface area contributed by atoms with Crippen LogP contribution in [0.4, 0.5) is 0 Å². The van der Waals surface area contributed by atoms with E-state index in [-0.39, 0.29) is 18.3 Å². The Morgan fingerprint density at radius 3 is 2.73 bits per heavy atom. The number of hydrogen-bond donors (Lipinski definition) is 2. The van der Waals surface area contributed by atoms with Crippen molar-refractivity contribution in [3.05, 3.63) is 47.7 Å². The number of hydrogen-bond acceptors (Lipinski definition) is 5. The summed E-state index contributed by atoms with van der Waals surface area (Å²) in [5.41, 5.74) is 3.78. The van der Waals surface area contributed by atoms with Gasteiger partial charge < -0.3 is 14.8 Å². The van der Waals surface area contributed by atoms with Crippen LogP contribution < -0.4 is 0 Å². The first kappa shape index (κ1) is 18.2. The standard InChI is InChI=1S/C19H18N4O2.ClH/c20-10-13-1-3-16-15(9-13)18(19(24)22-16)17-4-2-14(11-21-17)12-23-5-7-25-8-6-23;/h1-4,9,11,22,24H,5-8,12H2;1H. The summed E-state index contributed by atoms with van der Waals surface area (Å²) in [4.78, 5) is 9.81. The molecule has 0 radical (unpaired) electrons. The van der Waals surface area contributed by atoms with Gasteiger partial charge in [-0.3, -0.25) is 9.88 Å². The molecule has 1 aliphatic rings. The fraction of sp³-hybridized carbons (Fsp3) is 0.263. The molecule has 2 aromatic heterocycles.